The minimum Gasteiger partial charge on any atom is -0.399 e. The molecule has 1 amide bonds. The van der Waals surface area contributed by atoms with Crippen molar-refractivity contribution in [3.8, 4) is 0 Å². The van der Waals surface area contributed by atoms with Crippen LogP contribution in [0, 0.1) is 6.92 Å². The quantitative estimate of drug-likeness (QED) is 0.839. The fourth-order valence-corrected chi connectivity index (χ4v) is 2.11. The summed E-state index contributed by atoms with van der Waals surface area (Å²) in [4.78, 5) is 14.0. The number of likely N-dealkylation sites (N-methyl/N-ethyl adjacent to an activating group) is 1. The molecule has 2 aromatic carbocycles. The Morgan fingerprint density at radius 1 is 1.20 bits per heavy atom. The number of carbonyl (C=O) groups excluding carboxylic acids is 1. The molecule has 0 saturated heterocycles. The van der Waals surface area contributed by atoms with Crippen LogP contribution in [0.25, 0.3) is 0 Å². The highest BCUT2D eigenvalue weighted by molar-refractivity contribution is 5.94. The number of rotatable bonds is 4. The summed E-state index contributed by atoms with van der Waals surface area (Å²) in [6, 6.07) is 15.2. The van der Waals surface area contributed by atoms with Gasteiger partial charge in [0, 0.05) is 24.1 Å². The Morgan fingerprint density at radius 3 is 2.65 bits per heavy atom. The molecule has 0 aliphatic rings. The van der Waals surface area contributed by atoms with E-state index in [1.54, 1.807) is 12.1 Å². The van der Waals surface area contributed by atoms with E-state index >= 15 is 0 Å². The van der Waals surface area contributed by atoms with Gasteiger partial charge in [-0.05, 0) is 36.8 Å². The van der Waals surface area contributed by atoms with Crippen LogP contribution in [-0.2, 0) is 4.79 Å². The molecule has 0 heterocycles. The monoisotopic (exact) mass is 269 g/mol. The van der Waals surface area contributed by atoms with Crippen molar-refractivity contribution < 1.29 is 4.79 Å². The molecule has 0 radical (unpaired) electrons. The van der Waals surface area contributed by atoms with Crippen molar-refractivity contribution in [1.29, 1.82) is 0 Å². The second-order valence-corrected chi connectivity index (χ2v) is 4.82. The average Bonchev–Trinajstić information content (AvgIpc) is 2.38. The standard InChI is InChI=1S/C16H19N3O/c1-12-6-3-4-9-15(12)19(2)11-16(20)18-14-8-5-7-13(17)10-14/h3-10H,11,17H2,1-2H3,(H,18,20). The molecule has 3 N–H and O–H groups in total. The topological polar surface area (TPSA) is 58.4 Å². The van der Waals surface area contributed by atoms with Gasteiger partial charge in [-0.3, -0.25) is 4.79 Å². The smallest absolute Gasteiger partial charge is 0.243 e. The molecule has 0 aliphatic carbocycles. The van der Waals surface area contributed by atoms with Gasteiger partial charge in [0.15, 0.2) is 0 Å². The van der Waals surface area contributed by atoms with Crippen LogP contribution in [0.4, 0.5) is 17.1 Å². The number of hydrogen-bond donors (Lipinski definition) is 2. The molecule has 4 nitrogen and oxygen atoms in total. The van der Waals surface area contributed by atoms with Gasteiger partial charge in [0.05, 0.1) is 6.54 Å². The van der Waals surface area contributed by atoms with Crippen molar-refractivity contribution in [2.24, 2.45) is 0 Å². The van der Waals surface area contributed by atoms with Crippen molar-refractivity contribution in [2.75, 3.05) is 29.5 Å². The van der Waals surface area contributed by atoms with Crippen molar-refractivity contribution in [3.05, 3.63) is 54.1 Å². The van der Waals surface area contributed by atoms with E-state index in [0.717, 1.165) is 11.3 Å². The van der Waals surface area contributed by atoms with Gasteiger partial charge in [0.1, 0.15) is 0 Å². The molecule has 104 valence electrons. The minimum absolute atomic E-state index is 0.0682. The van der Waals surface area contributed by atoms with Crippen LogP contribution in [0.2, 0.25) is 0 Å². The SMILES string of the molecule is Cc1ccccc1N(C)CC(=O)Nc1cccc(N)c1. The van der Waals surface area contributed by atoms with Crippen LogP contribution in [0.3, 0.4) is 0 Å². The molecule has 0 saturated carbocycles. The Kier molecular flexibility index (Phi) is 4.25. The maximum Gasteiger partial charge on any atom is 0.243 e. The zero-order valence-electron chi connectivity index (χ0n) is 11.8. The van der Waals surface area contributed by atoms with Gasteiger partial charge >= 0.3 is 0 Å². The van der Waals surface area contributed by atoms with Crippen LogP contribution in [0.15, 0.2) is 48.5 Å². The fraction of sp³-hybridized carbons (Fsp3) is 0.188. The first-order valence-electron chi connectivity index (χ1n) is 6.48. The average molecular weight is 269 g/mol. The summed E-state index contributed by atoms with van der Waals surface area (Å²) >= 11 is 0. The number of anilines is 3. The lowest BCUT2D eigenvalue weighted by Gasteiger charge is -2.20. The predicted octanol–water partition coefficient (Wildman–Crippen LogP) is 2.65. The van der Waals surface area contributed by atoms with Gasteiger partial charge in [0.25, 0.3) is 0 Å². The number of carbonyl (C=O) groups is 1. The van der Waals surface area contributed by atoms with E-state index in [2.05, 4.69) is 5.32 Å². The predicted molar refractivity (Wildman–Crippen MR) is 83.9 cm³/mol. The molecular formula is C16H19N3O. The fourth-order valence-electron chi connectivity index (χ4n) is 2.11. The van der Waals surface area contributed by atoms with Gasteiger partial charge in [-0.25, -0.2) is 0 Å². The molecule has 0 fully saturated rings. The van der Waals surface area contributed by atoms with E-state index < -0.39 is 0 Å². The lowest BCUT2D eigenvalue weighted by atomic mass is 10.2. The zero-order chi connectivity index (χ0) is 14.5. The Hall–Kier alpha value is -2.49. The maximum atomic E-state index is 12.0. The summed E-state index contributed by atoms with van der Waals surface area (Å²) < 4.78 is 0. The number of hydrogen-bond acceptors (Lipinski definition) is 3. The van der Waals surface area contributed by atoms with Crippen LogP contribution in [0.5, 0.6) is 0 Å². The van der Waals surface area contributed by atoms with E-state index in [0.29, 0.717) is 17.9 Å². The normalized spacial score (nSPS) is 10.1. The summed E-state index contributed by atoms with van der Waals surface area (Å²) in [5, 5.41) is 2.84. The number of benzene rings is 2. The largest absolute Gasteiger partial charge is 0.399 e. The van der Waals surface area contributed by atoms with Crippen LogP contribution >= 0.6 is 0 Å². The highest BCUT2D eigenvalue weighted by Gasteiger charge is 2.09. The number of nitrogen functional groups attached to an aromatic ring is 1. The van der Waals surface area contributed by atoms with Crippen molar-refractivity contribution in [2.45, 2.75) is 6.92 Å². The molecule has 0 aromatic heterocycles. The third-order valence-corrected chi connectivity index (χ3v) is 3.08. The van der Waals surface area contributed by atoms with Gasteiger partial charge in [-0.15, -0.1) is 0 Å². The van der Waals surface area contributed by atoms with E-state index in [1.165, 1.54) is 0 Å². The van der Waals surface area contributed by atoms with Crippen LogP contribution in [-0.4, -0.2) is 19.5 Å². The highest BCUT2D eigenvalue weighted by Crippen LogP contribution is 2.18. The Morgan fingerprint density at radius 2 is 1.95 bits per heavy atom. The van der Waals surface area contributed by atoms with Crippen molar-refractivity contribution in [1.82, 2.24) is 0 Å². The molecule has 0 atom stereocenters. The van der Waals surface area contributed by atoms with E-state index in [-0.39, 0.29) is 5.91 Å². The summed E-state index contributed by atoms with van der Waals surface area (Å²) in [5.41, 5.74) is 9.23. The molecule has 20 heavy (non-hydrogen) atoms. The second-order valence-electron chi connectivity index (χ2n) is 4.82. The first-order valence-corrected chi connectivity index (χ1v) is 6.48. The lowest BCUT2D eigenvalue weighted by Crippen LogP contribution is -2.30. The molecule has 4 heteroatoms. The van der Waals surface area contributed by atoms with Gasteiger partial charge < -0.3 is 16.0 Å². The Bertz CT molecular complexity index is 610. The van der Waals surface area contributed by atoms with Gasteiger partial charge in [0.2, 0.25) is 5.91 Å². The van der Waals surface area contributed by atoms with Gasteiger partial charge in [-0.2, -0.15) is 0 Å². The molecule has 0 spiro atoms. The number of nitrogens with zero attached hydrogens (tertiary/aromatic N) is 1. The Balaban J connectivity index is 2.00. The molecule has 0 unspecified atom stereocenters. The molecular weight excluding hydrogens is 250 g/mol. The lowest BCUT2D eigenvalue weighted by molar-refractivity contribution is -0.114. The van der Waals surface area contributed by atoms with Crippen LogP contribution < -0.4 is 16.0 Å². The van der Waals surface area contributed by atoms with Crippen LogP contribution in [0.1, 0.15) is 5.56 Å². The maximum absolute atomic E-state index is 12.0. The Labute approximate surface area is 119 Å². The number of nitrogens with one attached hydrogen (secondary N) is 1. The summed E-state index contributed by atoms with van der Waals surface area (Å²) in [5.74, 6) is -0.0682. The molecule has 0 aliphatic heterocycles. The molecule has 2 aromatic rings. The summed E-state index contributed by atoms with van der Waals surface area (Å²) in [6.45, 7) is 2.32. The van der Waals surface area contributed by atoms with Crippen molar-refractivity contribution >= 4 is 23.0 Å². The number of aryl methyl sites for hydroxylation is 1. The zero-order valence-corrected chi connectivity index (χ0v) is 11.8. The first kappa shape index (κ1) is 13.9. The highest BCUT2D eigenvalue weighted by atomic mass is 16.2. The molecule has 2 rings (SSSR count). The van der Waals surface area contributed by atoms with E-state index in [9.17, 15) is 4.79 Å². The second kappa shape index (κ2) is 6.10. The number of para-hydroxylation sites is 1. The number of amides is 1. The summed E-state index contributed by atoms with van der Waals surface area (Å²) in [7, 11) is 1.90. The molecule has 0 bridgehead atoms. The van der Waals surface area contributed by atoms with E-state index in [1.807, 2.05) is 55.3 Å². The third-order valence-electron chi connectivity index (χ3n) is 3.08. The third kappa shape index (κ3) is 3.51. The first-order chi connectivity index (χ1) is 9.56. The van der Waals surface area contributed by atoms with Crippen molar-refractivity contribution in [3.63, 3.8) is 0 Å². The van der Waals surface area contributed by atoms with Gasteiger partial charge in [-0.1, -0.05) is 24.3 Å². The summed E-state index contributed by atoms with van der Waals surface area (Å²) in [6.07, 6.45) is 0. The minimum atomic E-state index is -0.0682. The van der Waals surface area contributed by atoms with E-state index in [4.69, 9.17) is 5.73 Å². The number of nitrogens with two attached hydrogens (primary N) is 1.